The number of aryl methyl sites for hydroxylation is 1. The number of rotatable bonds is 7. The molecule has 0 aliphatic carbocycles. The molecule has 3 aromatic carbocycles. The standard InChI is InChI=1S/C27H25ClFN3O3/c1-17-12-22(10-11-23(17)28)35-16-21(33)15-32-25-5-3-2-4-24(25)30-27(32)18-13-26(34)31(14-18)20-8-6-19(29)7-9-20/h2-12,18,21,33H,13-16H2,1H3/t18-,21+/m1/s1. The van der Waals surface area contributed by atoms with E-state index in [-0.39, 0.29) is 37.2 Å². The average molecular weight is 494 g/mol. The van der Waals surface area contributed by atoms with Gasteiger partial charge in [-0.25, -0.2) is 9.37 Å². The molecule has 1 fully saturated rings. The molecule has 8 heteroatoms. The number of carbonyl (C=O) groups excluding carboxylic acids is 1. The fourth-order valence-corrected chi connectivity index (χ4v) is 4.63. The number of amides is 1. The molecule has 0 radical (unpaired) electrons. The third-order valence-corrected chi connectivity index (χ3v) is 6.70. The largest absolute Gasteiger partial charge is 0.491 e. The number of fused-ring (bicyclic) bond motifs is 1. The maximum atomic E-state index is 13.4. The van der Waals surface area contributed by atoms with Gasteiger partial charge in [-0.05, 0) is 67.1 Å². The molecule has 0 spiro atoms. The van der Waals surface area contributed by atoms with Gasteiger partial charge in [-0.3, -0.25) is 4.79 Å². The Bertz CT molecular complexity index is 1370. The van der Waals surface area contributed by atoms with E-state index < -0.39 is 6.10 Å². The van der Waals surface area contributed by atoms with Crippen LogP contribution in [-0.4, -0.2) is 39.8 Å². The molecule has 0 bridgehead atoms. The number of ether oxygens (including phenoxy) is 1. The number of aromatic nitrogens is 2. The van der Waals surface area contributed by atoms with E-state index in [1.807, 2.05) is 41.8 Å². The van der Waals surface area contributed by atoms with Crippen LogP contribution in [0.25, 0.3) is 11.0 Å². The molecular weight excluding hydrogens is 469 g/mol. The molecule has 180 valence electrons. The van der Waals surface area contributed by atoms with E-state index in [1.54, 1.807) is 29.2 Å². The average Bonchev–Trinajstić information content (AvgIpc) is 3.41. The topological polar surface area (TPSA) is 67.6 Å². The monoisotopic (exact) mass is 493 g/mol. The lowest BCUT2D eigenvalue weighted by Crippen LogP contribution is -2.26. The second-order valence-electron chi connectivity index (χ2n) is 8.83. The Morgan fingerprint density at radius 2 is 1.94 bits per heavy atom. The number of anilines is 1. The van der Waals surface area contributed by atoms with Gasteiger partial charge in [0.2, 0.25) is 5.91 Å². The lowest BCUT2D eigenvalue weighted by Gasteiger charge is -2.19. The first-order valence-corrected chi connectivity index (χ1v) is 11.8. The van der Waals surface area contributed by atoms with Gasteiger partial charge in [-0.1, -0.05) is 23.7 Å². The predicted molar refractivity (Wildman–Crippen MR) is 134 cm³/mol. The number of hydrogen-bond donors (Lipinski definition) is 1. The number of halogens is 2. The van der Waals surface area contributed by atoms with Gasteiger partial charge in [0.1, 0.15) is 30.1 Å². The van der Waals surface area contributed by atoms with Crippen molar-refractivity contribution in [1.82, 2.24) is 9.55 Å². The molecule has 0 unspecified atom stereocenters. The minimum absolute atomic E-state index is 0.0396. The van der Waals surface area contributed by atoms with Crippen molar-refractivity contribution in [3.63, 3.8) is 0 Å². The van der Waals surface area contributed by atoms with Gasteiger partial charge in [0.05, 0.1) is 17.6 Å². The molecule has 35 heavy (non-hydrogen) atoms. The summed E-state index contributed by atoms with van der Waals surface area (Å²) in [5, 5.41) is 11.5. The van der Waals surface area contributed by atoms with Crippen LogP contribution in [0.15, 0.2) is 66.7 Å². The number of nitrogens with zero attached hydrogens (tertiary/aromatic N) is 3. The number of para-hydroxylation sites is 2. The van der Waals surface area contributed by atoms with Crippen LogP contribution in [0.2, 0.25) is 5.02 Å². The van der Waals surface area contributed by atoms with E-state index >= 15 is 0 Å². The first-order valence-electron chi connectivity index (χ1n) is 11.5. The molecule has 4 aromatic rings. The Kier molecular flexibility index (Phi) is 6.45. The highest BCUT2D eigenvalue weighted by Gasteiger charge is 2.35. The number of benzene rings is 3. The van der Waals surface area contributed by atoms with Crippen LogP contribution in [0.4, 0.5) is 10.1 Å². The van der Waals surface area contributed by atoms with Gasteiger partial charge in [0.15, 0.2) is 0 Å². The normalized spacial score (nSPS) is 16.7. The number of imidazole rings is 1. The lowest BCUT2D eigenvalue weighted by molar-refractivity contribution is -0.117. The number of carbonyl (C=O) groups is 1. The van der Waals surface area contributed by atoms with Gasteiger partial charge in [0.25, 0.3) is 0 Å². The van der Waals surface area contributed by atoms with Crippen molar-refractivity contribution >= 4 is 34.2 Å². The summed E-state index contributed by atoms with van der Waals surface area (Å²) in [4.78, 5) is 19.3. The third kappa shape index (κ3) is 4.88. The maximum absolute atomic E-state index is 13.4. The zero-order chi connectivity index (χ0) is 24.5. The van der Waals surface area contributed by atoms with Gasteiger partial charge in [-0.15, -0.1) is 0 Å². The zero-order valence-electron chi connectivity index (χ0n) is 19.2. The molecule has 2 atom stereocenters. The Morgan fingerprint density at radius 3 is 2.71 bits per heavy atom. The highest BCUT2D eigenvalue weighted by molar-refractivity contribution is 6.31. The summed E-state index contributed by atoms with van der Waals surface area (Å²) in [5.41, 5.74) is 3.25. The molecule has 5 rings (SSSR count). The molecule has 1 saturated heterocycles. The summed E-state index contributed by atoms with van der Waals surface area (Å²) >= 11 is 6.08. The van der Waals surface area contributed by atoms with Crippen LogP contribution in [0, 0.1) is 12.7 Å². The Balaban J connectivity index is 1.37. The summed E-state index contributed by atoms with van der Waals surface area (Å²) in [6.07, 6.45) is -0.509. The van der Waals surface area contributed by atoms with Crippen molar-refractivity contribution in [1.29, 1.82) is 0 Å². The fourth-order valence-electron chi connectivity index (χ4n) is 4.51. The quantitative estimate of drug-likeness (QED) is 0.389. The highest BCUT2D eigenvalue weighted by atomic mass is 35.5. The second-order valence-corrected chi connectivity index (χ2v) is 9.23. The van der Waals surface area contributed by atoms with Crippen molar-refractivity contribution in [3.8, 4) is 5.75 Å². The van der Waals surface area contributed by atoms with Gasteiger partial charge in [-0.2, -0.15) is 0 Å². The summed E-state index contributed by atoms with van der Waals surface area (Å²) < 4.78 is 21.1. The minimum Gasteiger partial charge on any atom is -0.491 e. The maximum Gasteiger partial charge on any atom is 0.227 e. The van der Waals surface area contributed by atoms with E-state index in [1.165, 1.54) is 12.1 Å². The van der Waals surface area contributed by atoms with E-state index in [9.17, 15) is 14.3 Å². The minimum atomic E-state index is -0.798. The van der Waals surface area contributed by atoms with Gasteiger partial charge in [0, 0.05) is 29.6 Å². The lowest BCUT2D eigenvalue weighted by atomic mass is 10.1. The van der Waals surface area contributed by atoms with Crippen LogP contribution in [0.1, 0.15) is 23.7 Å². The molecule has 2 heterocycles. The van der Waals surface area contributed by atoms with Crippen LogP contribution in [-0.2, 0) is 11.3 Å². The smallest absolute Gasteiger partial charge is 0.227 e. The molecule has 6 nitrogen and oxygen atoms in total. The molecule has 1 aliphatic rings. The van der Waals surface area contributed by atoms with E-state index in [4.69, 9.17) is 21.3 Å². The molecular formula is C27H25ClFN3O3. The summed E-state index contributed by atoms with van der Waals surface area (Å²) in [6.45, 7) is 2.69. The van der Waals surface area contributed by atoms with E-state index in [0.717, 1.165) is 22.4 Å². The molecule has 1 aromatic heterocycles. The predicted octanol–water partition coefficient (Wildman–Crippen LogP) is 5.10. The van der Waals surface area contributed by atoms with Crippen molar-refractivity contribution in [2.75, 3.05) is 18.1 Å². The number of hydrogen-bond acceptors (Lipinski definition) is 4. The third-order valence-electron chi connectivity index (χ3n) is 6.28. The second kappa shape index (κ2) is 9.68. The number of aliphatic hydroxyl groups excluding tert-OH is 1. The van der Waals surface area contributed by atoms with Crippen LogP contribution in [0.3, 0.4) is 0 Å². The van der Waals surface area contributed by atoms with Crippen molar-refractivity contribution in [2.24, 2.45) is 0 Å². The summed E-state index contributed by atoms with van der Waals surface area (Å²) in [6, 6.07) is 19.0. The molecule has 1 aliphatic heterocycles. The molecule has 0 saturated carbocycles. The summed E-state index contributed by atoms with van der Waals surface area (Å²) in [7, 11) is 0. The SMILES string of the molecule is Cc1cc(OC[C@@H](O)Cn2c([C@@H]3CC(=O)N(c4ccc(F)cc4)C3)nc3ccccc32)ccc1Cl. The van der Waals surface area contributed by atoms with Gasteiger partial charge < -0.3 is 19.3 Å². The zero-order valence-corrected chi connectivity index (χ0v) is 20.0. The van der Waals surface area contributed by atoms with Crippen molar-refractivity contribution < 1.29 is 19.0 Å². The molecule has 1 N–H and O–H groups in total. The first-order chi connectivity index (χ1) is 16.9. The Hall–Kier alpha value is -3.42. The summed E-state index contributed by atoms with van der Waals surface area (Å²) in [5.74, 6) is 0.835. The van der Waals surface area contributed by atoms with E-state index in [2.05, 4.69) is 0 Å². The number of aliphatic hydroxyl groups is 1. The fraction of sp³-hybridized carbons (Fsp3) is 0.259. The first kappa shape index (κ1) is 23.3. The van der Waals surface area contributed by atoms with Crippen LogP contribution < -0.4 is 9.64 Å². The van der Waals surface area contributed by atoms with Gasteiger partial charge >= 0.3 is 0 Å². The van der Waals surface area contributed by atoms with Crippen LogP contribution >= 0.6 is 11.6 Å². The van der Waals surface area contributed by atoms with E-state index in [0.29, 0.717) is 23.0 Å². The molecule has 1 amide bonds. The van der Waals surface area contributed by atoms with Crippen molar-refractivity contribution in [3.05, 3.63) is 89.0 Å². The van der Waals surface area contributed by atoms with Crippen LogP contribution in [0.5, 0.6) is 5.75 Å². The highest BCUT2D eigenvalue weighted by Crippen LogP contribution is 2.33. The Morgan fingerprint density at radius 1 is 1.17 bits per heavy atom. The van der Waals surface area contributed by atoms with Crippen molar-refractivity contribution in [2.45, 2.75) is 31.9 Å². The Labute approximate surface area is 207 Å².